The van der Waals surface area contributed by atoms with E-state index in [0.717, 1.165) is 12.5 Å². The molecule has 2 aliphatic carbocycles. The number of hydrogen-bond acceptors (Lipinski definition) is 2. The number of hydrogen-bond donors (Lipinski definition) is 0. The van der Waals surface area contributed by atoms with Crippen LogP contribution in [0.4, 0.5) is 0 Å². The quantitative estimate of drug-likeness (QED) is 0.513. The van der Waals surface area contributed by atoms with E-state index in [9.17, 15) is 0 Å². The van der Waals surface area contributed by atoms with E-state index in [0.29, 0.717) is 23.4 Å². The van der Waals surface area contributed by atoms with Crippen LogP contribution in [-0.2, 0) is 9.47 Å². The van der Waals surface area contributed by atoms with E-state index in [1.54, 1.807) is 0 Å². The van der Waals surface area contributed by atoms with Crippen molar-refractivity contribution in [1.82, 2.24) is 0 Å². The van der Waals surface area contributed by atoms with Gasteiger partial charge in [-0.15, -0.1) is 0 Å². The van der Waals surface area contributed by atoms with Crippen molar-refractivity contribution in [2.75, 3.05) is 13.2 Å². The van der Waals surface area contributed by atoms with E-state index in [2.05, 4.69) is 27.4 Å². The Morgan fingerprint density at radius 3 is 2.62 bits per heavy atom. The maximum Gasteiger partial charge on any atom is 0.154 e. The maximum atomic E-state index is 5.99. The summed E-state index contributed by atoms with van der Waals surface area (Å²) in [5.41, 5.74) is 2.20. The van der Waals surface area contributed by atoms with E-state index in [-0.39, 0.29) is 6.29 Å². The molecule has 4 unspecified atom stereocenters. The minimum Gasteiger partial charge on any atom is -0.353 e. The fourth-order valence-corrected chi connectivity index (χ4v) is 5.10. The summed E-state index contributed by atoms with van der Waals surface area (Å²) in [7, 11) is 0. The van der Waals surface area contributed by atoms with Crippen LogP contribution >= 0.6 is 0 Å². The normalized spacial score (nSPS) is 37.1. The average molecular weight is 294 g/mol. The van der Waals surface area contributed by atoms with Crippen LogP contribution in [0.15, 0.2) is 12.2 Å². The number of ether oxygens (including phenoxy) is 2. The molecule has 0 radical (unpaired) electrons. The van der Waals surface area contributed by atoms with Crippen LogP contribution < -0.4 is 0 Å². The average Bonchev–Trinajstić information content (AvgIpc) is 2.37. The lowest BCUT2D eigenvalue weighted by Crippen LogP contribution is -2.50. The van der Waals surface area contributed by atoms with Gasteiger partial charge in [0.15, 0.2) is 6.29 Å². The molecule has 2 rings (SSSR count). The Kier molecular flexibility index (Phi) is 5.20. The molecule has 2 aliphatic rings. The largest absolute Gasteiger partial charge is 0.353 e. The van der Waals surface area contributed by atoms with Crippen molar-refractivity contribution < 1.29 is 9.47 Å². The summed E-state index contributed by atoms with van der Waals surface area (Å²) in [5.74, 6) is 1.28. The van der Waals surface area contributed by atoms with Crippen molar-refractivity contribution in [2.24, 2.45) is 22.7 Å². The van der Waals surface area contributed by atoms with Gasteiger partial charge in [-0.3, -0.25) is 0 Å². The van der Waals surface area contributed by atoms with E-state index >= 15 is 0 Å². The van der Waals surface area contributed by atoms with Gasteiger partial charge in [0.25, 0.3) is 0 Å². The second-order valence-corrected chi connectivity index (χ2v) is 8.01. The van der Waals surface area contributed by atoms with Crippen LogP contribution in [0, 0.1) is 22.7 Å². The Hall–Kier alpha value is -0.340. The van der Waals surface area contributed by atoms with Gasteiger partial charge >= 0.3 is 0 Å². The zero-order valence-electron chi connectivity index (χ0n) is 14.7. The van der Waals surface area contributed by atoms with Crippen molar-refractivity contribution in [3.05, 3.63) is 12.2 Å². The number of fused-ring (bicyclic) bond motifs is 1. The standard InChI is InChI=1S/C19H34O2/c1-7-20-15(3)21-13-16-14(2)9-10-17-18(4,5)11-8-12-19(16,17)6/h15-17H,2,7-13H2,1,3-6H3. The molecule has 21 heavy (non-hydrogen) atoms. The Bertz CT molecular complexity index is 374. The lowest BCUT2D eigenvalue weighted by Gasteiger charge is -2.57. The number of rotatable bonds is 5. The molecule has 2 nitrogen and oxygen atoms in total. The van der Waals surface area contributed by atoms with Gasteiger partial charge in [-0.1, -0.05) is 39.3 Å². The highest BCUT2D eigenvalue weighted by atomic mass is 16.7. The van der Waals surface area contributed by atoms with Crippen molar-refractivity contribution in [2.45, 2.75) is 73.0 Å². The molecular weight excluding hydrogens is 260 g/mol. The summed E-state index contributed by atoms with van der Waals surface area (Å²) in [6.45, 7) is 17.3. The fraction of sp³-hybridized carbons (Fsp3) is 0.895. The van der Waals surface area contributed by atoms with Gasteiger partial charge in [0, 0.05) is 12.5 Å². The first-order valence-corrected chi connectivity index (χ1v) is 8.72. The highest BCUT2D eigenvalue weighted by Gasteiger charge is 2.52. The molecule has 0 N–H and O–H groups in total. The SMILES string of the molecule is C=C1CCC2C(C)(C)CCCC2(C)C1COC(C)OCC. The van der Waals surface area contributed by atoms with Crippen LogP contribution in [0.3, 0.4) is 0 Å². The zero-order chi connectivity index (χ0) is 15.7. The van der Waals surface area contributed by atoms with E-state index in [4.69, 9.17) is 9.47 Å². The summed E-state index contributed by atoms with van der Waals surface area (Å²) in [5, 5.41) is 0. The van der Waals surface area contributed by atoms with Crippen LogP contribution in [0.2, 0.25) is 0 Å². The Morgan fingerprint density at radius 2 is 1.95 bits per heavy atom. The summed E-state index contributed by atoms with van der Waals surface area (Å²) < 4.78 is 11.5. The second-order valence-electron chi connectivity index (χ2n) is 8.01. The minimum atomic E-state index is -0.108. The molecule has 0 bridgehead atoms. The monoisotopic (exact) mass is 294 g/mol. The van der Waals surface area contributed by atoms with Crippen molar-refractivity contribution in [3.63, 3.8) is 0 Å². The molecule has 0 aromatic heterocycles. The molecule has 122 valence electrons. The summed E-state index contributed by atoms with van der Waals surface area (Å²) >= 11 is 0. The van der Waals surface area contributed by atoms with Crippen molar-refractivity contribution >= 4 is 0 Å². The van der Waals surface area contributed by atoms with Crippen molar-refractivity contribution in [1.29, 1.82) is 0 Å². The summed E-state index contributed by atoms with van der Waals surface area (Å²) in [6, 6.07) is 0. The second kappa shape index (κ2) is 6.42. The van der Waals surface area contributed by atoms with Gasteiger partial charge in [-0.2, -0.15) is 0 Å². The highest BCUT2D eigenvalue weighted by Crippen LogP contribution is 2.60. The third kappa shape index (κ3) is 3.37. The molecule has 2 saturated carbocycles. The van der Waals surface area contributed by atoms with Crippen molar-refractivity contribution in [3.8, 4) is 0 Å². The molecule has 0 amide bonds. The summed E-state index contributed by atoms with van der Waals surface area (Å²) in [6.07, 6.45) is 6.38. The van der Waals surface area contributed by atoms with Crippen LogP contribution in [0.5, 0.6) is 0 Å². The lowest BCUT2D eigenvalue weighted by atomic mass is 9.48. The minimum absolute atomic E-state index is 0.108. The maximum absolute atomic E-state index is 5.99. The molecular formula is C19H34O2. The van der Waals surface area contributed by atoms with Crippen LogP contribution in [-0.4, -0.2) is 19.5 Å². The summed E-state index contributed by atoms with van der Waals surface area (Å²) in [4.78, 5) is 0. The Balaban J connectivity index is 2.12. The molecule has 0 saturated heterocycles. The first kappa shape index (κ1) is 17.0. The first-order valence-electron chi connectivity index (χ1n) is 8.72. The molecule has 0 heterocycles. The molecule has 0 spiro atoms. The van der Waals surface area contributed by atoms with E-state index < -0.39 is 0 Å². The molecule has 0 aromatic rings. The molecule has 4 atom stereocenters. The van der Waals surface area contributed by atoms with Crippen LogP contribution in [0.25, 0.3) is 0 Å². The van der Waals surface area contributed by atoms with Gasteiger partial charge in [0.1, 0.15) is 0 Å². The topological polar surface area (TPSA) is 18.5 Å². The molecule has 0 aromatic carbocycles. The zero-order valence-corrected chi connectivity index (χ0v) is 14.7. The molecule has 0 aliphatic heterocycles. The molecule has 2 heteroatoms. The first-order chi connectivity index (χ1) is 9.81. The Morgan fingerprint density at radius 1 is 1.24 bits per heavy atom. The van der Waals surface area contributed by atoms with Gasteiger partial charge in [0.05, 0.1) is 6.61 Å². The van der Waals surface area contributed by atoms with Crippen LogP contribution in [0.1, 0.15) is 66.7 Å². The third-order valence-corrected chi connectivity index (χ3v) is 6.22. The Labute approximate surface area is 131 Å². The van der Waals surface area contributed by atoms with Gasteiger partial charge in [-0.25, -0.2) is 0 Å². The van der Waals surface area contributed by atoms with Gasteiger partial charge < -0.3 is 9.47 Å². The van der Waals surface area contributed by atoms with Gasteiger partial charge in [0.2, 0.25) is 0 Å². The molecule has 2 fully saturated rings. The van der Waals surface area contributed by atoms with E-state index in [1.807, 2.05) is 13.8 Å². The fourth-order valence-electron chi connectivity index (χ4n) is 5.10. The predicted molar refractivity (Wildman–Crippen MR) is 88.1 cm³/mol. The predicted octanol–water partition coefficient (Wildman–Crippen LogP) is 5.18. The smallest absolute Gasteiger partial charge is 0.154 e. The van der Waals surface area contributed by atoms with E-state index in [1.165, 1.54) is 37.7 Å². The third-order valence-electron chi connectivity index (χ3n) is 6.22. The van der Waals surface area contributed by atoms with Gasteiger partial charge in [-0.05, 0) is 56.3 Å². The highest BCUT2D eigenvalue weighted by molar-refractivity contribution is 5.15. The lowest BCUT2D eigenvalue weighted by molar-refractivity contribution is -0.155.